The summed E-state index contributed by atoms with van der Waals surface area (Å²) in [5.74, 6) is 1.42. The standard InChI is InChI=1S/C16H22F2/c17-10-4-7-14-8-9-15(11-16(14)12-18)13-5-2-1-3-6-13/h4,7,10,12-13,15H,1-3,5-6,8-9,11H2/b10-4+,14-7-,16-12+. The summed E-state index contributed by atoms with van der Waals surface area (Å²) in [6.07, 6.45) is 13.8. The van der Waals surface area contributed by atoms with Gasteiger partial charge in [-0.25, -0.2) is 8.78 Å². The summed E-state index contributed by atoms with van der Waals surface area (Å²) >= 11 is 0. The molecule has 0 aromatic rings. The van der Waals surface area contributed by atoms with Gasteiger partial charge in [-0.2, -0.15) is 0 Å². The van der Waals surface area contributed by atoms with E-state index < -0.39 is 0 Å². The smallest absolute Gasteiger partial charge is 0.0901 e. The molecule has 2 rings (SSSR count). The summed E-state index contributed by atoms with van der Waals surface area (Å²) in [7, 11) is 0. The topological polar surface area (TPSA) is 0 Å². The molecule has 2 fully saturated rings. The Morgan fingerprint density at radius 3 is 2.33 bits per heavy atom. The second-order valence-electron chi connectivity index (χ2n) is 5.55. The zero-order valence-corrected chi connectivity index (χ0v) is 10.9. The van der Waals surface area contributed by atoms with Crippen molar-refractivity contribution in [3.05, 3.63) is 36.0 Å². The van der Waals surface area contributed by atoms with Gasteiger partial charge in [-0.15, -0.1) is 0 Å². The van der Waals surface area contributed by atoms with Crippen molar-refractivity contribution in [2.45, 2.75) is 51.4 Å². The first-order valence-electron chi connectivity index (χ1n) is 7.10. The molecule has 0 amide bonds. The van der Waals surface area contributed by atoms with Gasteiger partial charge in [-0.1, -0.05) is 38.2 Å². The molecule has 0 aliphatic heterocycles. The molecule has 0 aromatic heterocycles. The van der Waals surface area contributed by atoms with Gasteiger partial charge < -0.3 is 0 Å². The summed E-state index contributed by atoms with van der Waals surface area (Å²) in [6, 6.07) is 0. The molecule has 0 spiro atoms. The van der Waals surface area contributed by atoms with Gasteiger partial charge in [0, 0.05) is 0 Å². The highest BCUT2D eigenvalue weighted by molar-refractivity contribution is 5.34. The molecular formula is C16H22F2. The maximum absolute atomic E-state index is 13.0. The molecule has 1 unspecified atom stereocenters. The van der Waals surface area contributed by atoms with Crippen molar-refractivity contribution in [3.63, 3.8) is 0 Å². The van der Waals surface area contributed by atoms with Crippen molar-refractivity contribution in [1.82, 2.24) is 0 Å². The molecule has 0 radical (unpaired) electrons. The summed E-state index contributed by atoms with van der Waals surface area (Å²) in [5.41, 5.74) is 1.76. The Morgan fingerprint density at radius 1 is 0.889 bits per heavy atom. The van der Waals surface area contributed by atoms with Crippen LogP contribution >= 0.6 is 0 Å². The quantitative estimate of drug-likeness (QED) is 0.597. The van der Waals surface area contributed by atoms with Crippen LogP contribution in [0.2, 0.25) is 0 Å². The fraction of sp³-hybridized carbons (Fsp3) is 0.625. The maximum atomic E-state index is 13.0. The maximum Gasteiger partial charge on any atom is 0.0901 e. The Labute approximate surface area is 108 Å². The lowest BCUT2D eigenvalue weighted by Gasteiger charge is -2.34. The molecular weight excluding hydrogens is 230 g/mol. The Hall–Kier alpha value is -0.920. The van der Waals surface area contributed by atoms with Crippen LogP contribution in [-0.4, -0.2) is 0 Å². The minimum Gasteiger partial charge on any atom is -0.216 e. The van der Waals surface area contributed by atoms with Crippen LogP contribution in [0.4, 0.5) is 8.78 Å². The highest BCUT2D eigenvalue weighted by atomic mass is 19.1. The van der Waals surface area contributed by atoms with E-state index in [1.54, 1.807) is 6.08 Å². The van der Waals surface area contributed by atoms with E-state index in [1.807, 2.05) is 0 Å². The first kappa shape index (κ1) is 13.5. The Bertz CT molecular complexity index is 346. The Kier molecular flexibility index (Phi) is 5.15. The van der Waals surface area contributed by atoms with Gasteiger partial charge in [-0.05, 0) is 48.3 Å². The third kappa shape index (κ3) is 3.30. The molecule has 100 valence electrons. The zero-order valence-electron chi connectivity index (χ0n) is 10.9. The SMILES string of the molecule is F/C=C/C=C1/CCC(C2CCCCC2)C/C1=C\F. The lowest BCUT2D eigenvalue weighted by atomic mass is 9.71. The van der Waals surface area contributed by atoms with Crippen LogP contribution in [-0.2, 0) is 0 Å². The van der Waals surface area contributed by atoms with Crippen molar-refractivity contribution < 1.29 is 8.78 Å². The van der Waals surface area contributed by atoms with E-state index in [4.69, 9.17) is 0 Å². The van der Waals surface area contributed by atoms with Crippen LogP contribution in [0, 0.1) is 11.8 Å². The first-order chi connectivity index (χ1) is 8.85. The average Bonchev–Trinajstić information content (AvgIpc) is 2.46. The average molecular weight is 252 g/mol. The fourth-order valence-electron chi connectivity index (χ4n) is 3.48. The lowest BCUT2D eigenvalue weighted by Crippen LogP contribution is -2.22. The van der Waals surface area contributed by atoms with E-state index in [0.29, 0.717) is 12.2 Å². The highest BCUT2D eigenvalue weighted by Gasteiger charge is 2.28. The van der Waals surface area contributed by atoms with Crippen LogP contribution in [0.1, 0.15) is 51.4 Å². The molecule has 2 saturated carbocycles. The number of hydrogen-bond acceptors (Lipinski definition) is 0. The molecule has 0 heterocycles. The van der Waals surface area contributed by atoms with Crippen LogP contribution in [0.25, 0.3) is 0 Å². The van der Waals surface area contributed by atoms with E-state index in [0.717, 1.165) is 42.7 Å². The fourth-order valence-corrected chi connectivity index (χ4v) is 3.48. The van der Waals surface area contributed by atoms with E-state index in [-0.39, 0.29) is 0 Å². The molecule has 0 N–H and O–H groups in total. The van der Waals surface area contributed by atoms with Crippen molar-refractivity contribution in [3.8, 4) is 0 Å². The number of halogens is 2. The molecule has 0 saturated heterocycles. The summed E-state index contributed by atoms with van der Waals surface area (Å²) in [6.45, 7) is 0. The minimum absolute atomic E-state index is 0.510. The first-order valence-corrected chi connectivity index (χ1v) is 7.10. The monoisotopic (exact) mass is 252 g/mol. The van der Waals surface area contributed by atoms with Crippen molar-refractivity contribution >= 4 is 0 Å². The van der Waals surface area contributed by atoms with Gasteiger partial charge in [0.2, 0.25) is 0 Å². The van der Waals surface area contributed by atoms with Gasteiger partial charge in [0.1, 0.15) is 0 Å². The van der Waals surface area contributed by atoms with Crippen LogP contribution in [0.15, 0.2) is 36.0 Å². The van der Waals surface area contributed by atoms with Gasteiger partial charge in [0.05, 0.1) is 12.7 Å². The summed E-state index contributed by atoms with van der Waals surface area (Å²) < 4.78 is 25.0. The van der Waals surface area contributed by atoms with E-state index in [2.05, 4.69) is 0 Å². The summed E-state index contributed by atoms with van der Waals surface area (Å²) in [5, 5.41) is 0. The molecule has 18 heavy (non-hydrogen) atoms. The molecule has 2 aliphatic rings. The second-order valence-corrected chi connectivity index (χ2v) is 5.55. The molecule has 0 nitrogen and oxygen atoms in total. The molecule has 1 atom stereocenters. The Morgan fingerprint density at radius 2 is 1.67 bits per heavy atom. The molecule has 0 bridgehead atoms. The van der Waals surface area contributed by atoms with Gasteiger partial charge in [0.15, 0.2) is 0 Å². The van der Waals surface area contributed by atoms with E-state index in [9.17, 15) is 8.78 Å². The highest BCUT2D eigenvalue weighted by Crippen LogP contribution is 2.42. The predicted octanol–water partition coefficient (Wildman–Crippen LogP) is 5.63. The van der Waals surface area contributed by atoms with Crippen molar-refractivity contribution in [2.75, 3.05) is 0 Å². The number of rotatable bonds is 2. The lowest BCUT2D eigenvalue weighted by molar-refractivity contribution is 0.226. The second kappa shape index (κ2) is 6.86. The van der Waals surface area contributed by atoms with Gasteiger partial charge in [0.25, 0.3) is 0 Å². The molecule has 2 aliphatic carbocycles. The van der Waals surface area contributed by atoms with Gasteiger partial charge >= 0.3 is 0 Å². The third-order valence-electron chi connectivity index (χ3n) is 4.50. The largest absolute Gasteiger partial charge is 0.216 e. The van der Waals surface area contributed by atoms with Crippen molar-refractivity contribution in [2.24, 2.45) is 11.8 Å². The molecule has 2 heteroatoms. The molecule has 0 aromatic carbocycles. The minimum atomic E-state index is 0.510. The van der Waals surface area contributed by atoms with Crippen LogP contribution < -0.4 is 0 Å². The van der Waals surface area contributed by atoms with E-state index in [1.165, 1.54) is 38.2 Å². The third-order valence-corrected chi connectivity index (χ3v) is 4.50. The zero-order chi connectivity index (χ0) is 12.8. The van der Waals surface area contributed by atoms with Gasteiger partial charge in [-0.3, -0.25) is 0 Å². The normalized spacial score (nSPS) is 31.6. The Balaban J connectivity index is 2.00. The van der Waals surface area contributed by atoms with Crippen LogP contribution in [0.3, 0.4) is 0 Å². The number of hydrogen-bond donors (Lipinski definition) is 0. The number of allylic oxidation sites excluding steroid dienone is 4. The summed E-state index contributed by atoms with van der Waals surface area (Å²) in [4.78, 5) is 0. The predicted molar refractivity (Wildman–Crippen MR) is 71.4 cm³/mol. The van der Waals surface area contributed by atoms with Crippen molar-refractivity contribution in [1.29, 1.82) is 0 Å². The van der Waals surface area contributed by atoms with Crippen LogP contribution in [0.5, 0.6) is 0 Å². The van der Waals surface area contributed by atoms with E-state index >= 15 is 0 Å².